The summed E-state index contributed by atoms with van der Waals surface area (Å²) in [5.74, 6) is -0.0235. The standard InChI is InChI=1S/C16H21F3N2O2/c1-4-8-23-12-7-5-6-11(9-12)14(16(17,18)19)21-15(2,3)10-13(22)20-21/h5-7,9,14H,4,8,10H2,1-3H3,(H,20,22)/t14-/m0/s1. The van der Waals surface area contributed by atoms with E-state index in [-0.39, 0.29) is 12.0 Å². The van der Waals surface area contributed by atoms with Gasteiger partial charge < -0.3 is 4.74 Å². The Labute approximate surface area is 133 Å². The number of rotatable bonds is 5. The van der Waals surface area contributed by atoms with E-state index in [1.807, 2.05) is 6.92 Å². The second-order valence-corrected chi connectivity index (χ2v) is 6.26. The van der Waals surface area contributed by atoms with Gasteiger partial charge in [0.1, 0.15) is 5.75 Å². The first-order chi connectivity index (χ1) is 10.6. The first-order valence-electron chi connectivity index (χ1n) is 7.53. The molecule has 0 unspecified atom stereocenters. The molecule has 1 heterocycles. The SMILES string of the molecule is CCCOc1cccc([C@H](N2NC(=O)CC2(C)C)C(F)(F)F)c1. The van der Waals surface area contributed by atoms with Crippen LogP contribution in [0.25, 0.3) is 0 Å². The molecule has 1 N–H and O–H groups in total. The normalized spacial score (nSPS) is 19.5. The Hall–Kier alpha value is -1.76. The van der Waals surface area contributed by atoms with Gasteiger partial charge >= 0.3 is 6.18 Å². The number of nitrogens with one attached hydrogen (secondary N) is 1. The molecule has 0 aliphatic carbocycles. The number of halogens is 3. The van der Waals surface area contributed by atoms with Gasteiger partial charge in [-0.2, -0.15) is 18.2 Å². The predicted molar refractivity (Wildman–Crippen MR) is 79.7 cm³/mol. The van der Waals surface area contributed by atoms with Crippen LogP contribution >= 0.6 is 0 Å². The molecular formula is C16H21F3N2O2. The van der Waals surface area contributed by atoms with E-state index in [4.69, 9.17) is 4.74 Å². The number of amides is 1. The molecule has 0 saturated carbocycles. The lowest BCUT2D eigenvalue weighted by atomic mass is 9.97. The highest BCUT2D eigenvalue weighted by molar-refractivity contribution is 5.79. The van der Waals surface area contributed by atoms with E-state index >= 15 is 0 Å². The Bertz CT molecular complexity index is 573. The first-order valence-corrected chi connectivity index (χ1v) is 7.53. The van der Waals surface area contributed by atoms with Crippen molar-refractivity contribution < 1.29 is 22.7 Å². The van der Waals surface area contributed by atoms with Crippen molar-refractivity contribution in [1.29, 1.82) is 0 Å². The Morgan fingerprint density at radius 3 is 2.61 bits per heavy atom. The van der Waals surface area contributed by atoms with Gasteiger partial charge in [-0.25, -0.2) is 0 Å². The molecule has 1 atom stereocenters. The Morgan fingerprint density at radius 2 is 2.09 bits per heavy atom. The number of hydrogen-bond acceptors (Lipinski definition) is 3. The van der Waals surface area contributed by atoms with Crippen LogP contribution < -0.4 is 10.2 Å². The summed E-state index contributed by atoms with van der Waals surface area (Å²) in [6, 6.07) is 4.02. The fourth-order valence-electron chi connectivity index (χ4n) is 2.70. The van der Waals surface area contributed by atoms with Crippen molar-refractivity contribution in [3.05, 3.63) is 29.8 Å². The van der Waals surface area contributed by atoms with Gasteiger partial charge in [-0.3, -0.25) is 10.2 Å². The van der Waals surface area contributed by atoms with Crippen LogP contribution in [0, 0.1) is 0 Å². The molecule has 0 spiro atoms. The molecule has 128 valence electrons. The van der Waals surface area contributed by atoms with E-state index < -0.39 is 23.7 Å². The lowest BCUT2D eigenvalue weighted by molar-refractivity contribution is -0.203. The van der Waals surface area contributed by atoms with Crippen molar-refractivity contribution in [2.45, 2.75) is 51.4 Å². The fraction of sp³-hybridized carbons (Fsp3) is 0.562. The van der Waals surface area contributed by atoms with Crippen molar-refractivity contribution in [3.8, 4) is 5.75 Å². The summed E-state index contributed by atoms with van der Waals surface area (Å²) in [6.45, 7) is 5.58. The number of ether oxygens (including phenoxy) is 1. The monoisotopic (exact) mass is 330 g/mol. The van der Waals surface area contributed by atoms with Gasteiger partial charge in [0.25, 0.3) is 0 Å². The third kappa shape index (κ3) is 3.96. The summed E-state index contributed by atoms with van der Waals surface area (Å²) in [6.07, 6.45) is -3.74. The zero-order chi connectivity index (χ0) is 17.3. The lowest BCUT2D eigenvalue weighted by Gasteiger charge is -2.38. The molecule has 1 fully saturated rings. The molecule has 1 aliphatic rings. The van der Waals surface area contributed by atoms with Crippen molar-refractivity contribution in [3.63, 3.8) is 0 Å². The Kier molecular flexibility index (Phi) is 4.89. The van der Waals surface area contributed by atoms with Crippen molar-refractivity contribution in [2.24, 2.45) is 0 Å². The number of benzene rings is 1. The zero-order valence-corrected chi connectivity index (χ0v) is 13.4. The summed E-state index contributed by atoms with van der Waals surface area (Å²) in [5, 5.41) is 0.994. The lowest BCUT2D eigenvalue weighted by Crippen LogP contribution is -2.51. The second kappa shape index (κ2) is 6.39. The molecule has 1 aliphatic heterocycles. The summed E-state index contributed by atoms with van der Waals surface area (Å²) < 4.78 is 46.5. The third-order valence-electron chi connectivity index (χ3n) is 3.71. The summed E-state index contributed by atoms with van der Waals surface area (Å²) in [5.41, 5.74) is 1.46. The van der Waals surface area contributed by atoms with Crippen LogP contribution in [-0.2, 0) is 4.79 Å². The van der Waals surface area contributed by atoms with Crippen molar-refractivity contribution in [2.75, 3.05) is 6.61 Å². The minimum absolute atomic E-state index is 0.0194. The number of hydrazine groups is 1. The molecule has 1 aromatic carbocycles. The molecule has 0 radical (unpaired) electrons. The third-order valence-corrected chi connectivity index (χ3v) is 3.71. The molecule has 0 bridgehead atoms. The van der Waals surface area contributed by atoms with Crippen molar-refractivity contribution in [1.82, 2.24) is 10.4 Å². The molecule has 4 nitrogen and oxygen atoms in total. The number of hydrogen-bond donors (Lipinski definition) is 1. The highest BCUT2D eigenvalue weighted by atomic mass is 19.4. The maximum atomic E-state index is 13.7. The number of alkyl halides is 3. The van der Waals surface area contributed by atoms with E-state index in [1.165, 1.54) is 18.2 Å². The first kappa shape index (κ1) is 17.6. The minimum Gasteiger partial charge on any atom is -0.494 e. The van der Waals surface area contributed by atoms with E-state index in [9.17, 15) is 18.0 Å². The summed E-state index contributed by atoms with van der Waals surface area (Å²) in [4.78, 5) is 11.6. The topological polar surface area (TPSA) is 41.6 Å². The van der Waals surface area contributed by atoms with Crippen LogP contribution in [0.1, 0.15) is 45.2 Å². The molecule has 1 amide bonds. The van der Waals surface area contributed by atoms with Gasteiger partial charge in [0, 0.05) is 12.0 Å². The molecule has 23 heavy (non-hydrogen) atoms. The van der Waals surface area contributed by atoms with Gasteiger partial charge in [-0.15, -0.1) is 0 Å². The maximum absolute atomic E-state index is 13.7. The van der Waals surface area contributed by atoms with E-state index in [2.05, 4.69) is 5.43 Å². The van der Waals surface area contributed by atoms with E-state index in [0.29, 0.717) is 12.4 Å². The average Bonchev–Trinajstić information content (AvgIpc) is 2.68. The van der Waals surface area contributed by atoms with Crippen LogP contribution in [0.4, 0.5) is 13.2 Å². The zero-order valence-electron chi connectivity index (χ0n) is 13.4. The molecule has 7 heteroatoms. The van der Waals surface area contributed by atoms with Gasteiger partial charge in [-0.1, -0.05) is 19.1 Å². The largest absolute Gasteiger partial charge is 0.494 e. The van der Waals surface area contributed by atoms with Gasteiger partial charge in [0.15, 0.2) is 6.04 Å². The van der Waals surface area contributed by atoms with Crippen LogP contribution in [0.15, 0.2) is 24.3 Å². The van der Waals surface area contributed by atoms with Gasteiger partial charge in [0.05, 0.1) is 6.61 Å². The molecule has 1 aromatic rings. The van der Waals surface area contributed by atoms with Crippen LogP contribution in [-0.4, -0.2) is 29.2 Å². The summed E-state index contributed by atoms with van der Waals surface area (Å²) in [7, 11) is 0. The number of nitrogens with zero attached hydrogens (tertiary/aromatic N) is 1. The van der Waals surface area contributed by atoms with Crippen LogP contribution in [0.5, 0.6) is 5.75 Å². The molecule has 1 saturated heterocycles. The molecule has 0 aromatic heterocycles. The Balaban J connectivity index is 2.38. The average molecular weight is 330 g/mol. The highest BCUT2D eigenvalue weighted by Crippen LogP contribution is 2.43. The van der Waals surface area contributed by atoms with Crippen LogP contribution in [0.3, 0.4) is 0 Å². The minimum atomic E-state index is -4.53. The second-order valence-electron chi connectivity index (χ2n) is 6.26. The highest BCUT2D eigenvalue weighted by Gasteiger charge is 2.53. The molecule has 2 rings (SSSR count). The van der Waals surface area contributed by atoms with E-state index in [1.54, 1.807) is 19.9 Å². The van der Waals surface area contributed by atoms with E-state index in [0.717, 1.165) is 11.4 Å². The molecular weight excluding hydrogens is 309 g/mol. The maximum Gasteiger partial charge on any atom is 0.409 e. The van der Waals surface area contributed by atoms with Crippen LogP contribution in [0.2, 0.25) is 0 Å². The smallest absolute Gasteiger partial charge is 0.409 e. The van der Waals surface area contributed by atoms with Gasteiger partial charge in [-0.05, 0) is 38.0 Å². The quantitative estimate of drug-likeness (QED) is 0.897. The Morgan fingerprint density at radius 1 is 1.39 bits per heavy atom. The van der Waals surface area contributed by atoms with Gasteiger partial charge in [0.2, 0.25) is 5.91 Å². The van der Waals surface area contributed by atoms with Crippen molar-refractivity contribution >= 4 is 5.91 Å². The predicted octanol–water partition coefficient (Wildman–Crippen LogP) is 3.59. The number of carbonyl (C=O) groups is 1. The summed E-state index contributed by atoms with van der Waals surface area (Å²) >= 11 is 0. The number of carbonyl (C=O) groups excluding carboxylic acids is 1. The fourth-order valence-corrected chi connectivity index (χ4v) is 2.70.